The largest absolute Gasteiger partial charge is 0.396 e. The summed E-state index contributed by atoms with van der Waals surface area (Å²) in [5.41, 5.74) is 0. The molecule has 90 valence electrons. The highest BCUT2D eigenvalue weighted by Gasteiger charge is 2.22. The van der Waals surface area contributed by atoms with Crippen LogP contribution < -0.4 is 0 Å². The first-order valence-corrected chi connectivity index (χ1v) is 6.01. The van der Waals surface area contributed by atoms with Crippen molar-refractivity contribution in [1.29, 1.82) is 0 Å². The molecule has 1 aliphatic carbocycles. The lowest BCUT2D eigenvalue weighted by molar-refractivity contribution is -0.0418. The molecular formula is C12H24O3. The van der Waals surface area contributed by atoms with Gasteiger partial charge in [-0.3, -0.25) is 0 Å². The molecule has 0 aliphatic heterocycles. The zero-order chi connectivity index (χ0) is 11.1. The summed E-state index contributed by atoms with van der Waals surface area (Å²) < 4.78 is 10.9. The van der Waals surface area contributed by atoms with Crippen molar-refractivity contribution in [3.8, 4) is 0 Å². The Labute approximate surface area is 92.8 Å². The van der Waals surface area contributed by atoms with Crippen molar-refractivity contribution in [1.82, 2.24) is 0 Å². The molecule has 1 unspecified atom stereocenters. The first kappa shape index (κ1) is 12.9. The number of hydrogen-bond donors (Lipinski definition) is 1. The fourth-order valence-corrected chi connectivity index (χ4v) is 2.13. The standard InChI is InChI=1S/C12H24O3/c1-10(7-8-14-2)15-12-5-3-11(9-13)4-6-12/h10-13H,3-9H2,1-2H3. The van der Waals surface area contributed by atoms with Crippen molar-refractivity contribution >= 4 is 0 Å². The van der Waals surface area contributed by atoms with Gasteiger partial charge in [0.15, 0.2) is 0 Å². The van der Waals surface area contributed by atoms with Crippen LogP contribution >= 0.6 is 0 Å². The fraction of sp³-hybridized carbons (Fsp3) is 1.00. The van der Waals surface area contributed by atoms with Gasteiger partial charge in [0.25, 0.3) is 0 Å². The quantitative estimate of drug-likeness (QED) is 0.738. The van der Waals surface area contributed by atoms with E-state index in [9.17, 15) is 0 Å². The fourth-order valence-electron chi connectivity index (χ4n) is 2.13. The van der Waals surface area contributed by atoms with Crippen molar-refractivity contribution in [2.24, 2.45) is 5.92 Å². The van der Waals surface area contributed by atoms with E-state index in [0.717, 1.165) is 38.7 Å². The molecule has 1 fully saturated rings. The van der Waals surface area contributed by atoms with Gasteiger partial charge in [0.2, 0.25) is 0 Å². The summed E-state index contributed by atoms with van der Waals surface area (Å²) in [5, 5.41) is 9.02. The molecule has 0 aromatic carbocycles. The second kappa shape index (κ2) is 7.20. The molecule has 3 heteroatoms. The van der Waals surface area contributed by atoms with Gasteiger partial charge in [0.1, 0.15) is 0 Å². The van der Waals surface area contributed by atoms with Crippen LogP contribution in [0.2, 0.25) is 0 Å². The Morgan fingerprint density at radius 2 is 1.93 bits per heavy atom. The monoisotopic (exact) mass is 216 g/mol. The van der Waals surface area contributed by atoms with Crippen molar-refractivity contribution < 1.29 is 14.6 Å². The number of ether oxygens (including phenoxy) is 2. The van der Waals surface area contributed by atoms with Crippen molar-refractivity contribution in [3.63, 3.8) is 0 Å². The molecular weight excluding hydrogens is 192 g/mol. The van der Waals surface area contributed by atoms with E-state index in [1.165, 1.54) is 0 Å². The lowest BCUT2D eigenvalue weighted by atomic mass is 9.88. The van der Waals surface area contributed by atoms with Gasteiger partial charge in [0, 0.05) is 20.3 Å². The highest BCUT2D eigenvalue weighted by molar-refractivity contribution is 4.73. The third kappa shape index (κ3) is 4.96. The first-order chi connectivity index (χ1) is 7.26. The van der Waals surface area contributed by atoms with Gasteiger partial charge in [-0.05, 0) is 44.9 Å². The van der Waals surface area contributed by atoms with Crippen LogP contribution in [-0.2, 0) is 9.47 Å². The molecule has 15 heavy (non-hydrogen) atoms. The normalized spacial score (nSPS) is 29.0. The summed E-state index contributed by atoms with van der Waals surface area (Å²) in [7, 11) is 1.72. The third-order valence-electron chi connectivity index (χ3n) is 3.21. The molecule has 0 bridgehead atoms. The molecule has 1 rings (SSSR count). The van der Waals surface area contributed by atoms with Crippen LogP contribution in [0.25, 0.3) is 0 Å². The molecule has 1 saturated carbocycles. The molecule has 0 amide bonds. The van der Waals surface area contributed by atoms with Crippen LogP contribution in [0.15, 0.2) is 0 Å². The molecule has 0 radical (unpaired) electrons. The van der Waals surface area contributed by atoms with E-state index in [1.54, 1.807) is 7.11 Å². The summed E-state index contributed by atoms with van der Waals surface area (Å²) in [5.74, 6) is 0.513. The van der Waals surface area contributed by atoms with Crippen molar-refractivity contribution in [2.45, 2.75) is 51.2 Å². The summed E-state index contributed by atoms with van der Waals surface area (Å²) >= 11 is 0. The Bertz CT molecular complexity index is 153. The number of aliphatic hydroxyl groups is 1. The Kier molecular flexibility index (Phi) is 6.22. The Balaban J connectivity index is 2.12. The van der Waals surface area contributed by atoms with Gasteiger partial charge in [0.05, 0.1) is 12.2 Å². The lowest BCUT2D eigenvalue weighted by Gasteiger charge is -2.29. The molecule has 1 aliphatic rings. The third-order valence-corrected chi connectivity index (χ3v) is 3.21. The number of rotatable bonds is 6. The van der Waals surface area contributed by atoms with Crippen LogP contribution in [0.5, 0.6) is 0 Å². The van der Waals surface area contributed by atoms with Crippen LogP contribution in [0, 0.1) is 5.92 Å². The second-order valence-corrected chi connectivity index (χ2v) is 4.55. The SMILES string of the molecule is COCCC(C)OC1CCC(CO)CC1. The Morgan fingerprint density at radius 1 is 1.27 bits per heavy atom. The zero-order valence-electron chi connectivity index (χ0n) is 9.95. The predicted molar refractivity (Wildman–Crippen MR) is 59.9 cm³/mol. The summed E-state index contributed by atoms with van der Waals surface area (Å²) in [6, 6.07) is 0. The Hall–Kier alpha value is -0.120. The maximum atomic E-state index is 9.02. The maximum absolute atomic E-state index is 9.02. The minimum Gasteiger partial charge on any atom is -0.396 e. The summed E-state index contributed by atoms with van der Waals surface area (Å²) in [6.45, 7) is 3.22. The average Bonchev–Trinajstić information content (AvgIpc) is 2.27. The summed E-state index contributed by atoms with van der Waals surface area (Å²) in [4.78, 5) is 0. The second-order valence-electron chi connectivity index (χ2n) is 4.55. The van der Waals surface area contributed by atoms with Crippen molar-refractivity contribution in [2.75, 3.05) is 20.3 Å². The average molecular weight is 216 g/mol. The molecule has 1 atom stereocenters. The van der Waals surface area contributed by atoms with Gasteiger partial charge in [-0.15, -0.1) is 0 Å². The van der Waals surface area contributed by atoms with E-state index in [1.807, 2.05) is 0 Å². The number of aliphatic hydroxyl groups excluding tert-OH is 1. The molecule has 0 heterocycles. The minimum atomic E-state index is 0.292. The lowest BCUT2D eigenvalue weighted by Crippen LogP contribution is -2.27. The minimum absolute atomic E-state index is 0.292. The van der Waals surface area contributed by atoms with Gasteiger partial charge in [-0.1, -0.05) is 0 Å². The van der Waals surface area contributed by atoms with Crippen LogP contribution in [0.1, 0.15) is 39.0 Å². The van der Waals surface area contributed by atoms with Gasteiger partial charge in [-0.2, -0.15) is 0 Å². The van der Waals surface area contributed by atoms with Gasteiger partial charge >= 0.3 is 0 Å². The first-order valence-electron chi connectivity index (χ1n) is 6.01. The predicted octanol–water partition coefficient (Wildman–Crippen LogP) is 1.98. The topological polar surface area (TPSA) is 38.7 Å². The van der Waals surface area contributed by atoms with Crippen LogP contribution in [0.4, 0.5) is 0 Å². The van der Waals surface area contributed by atoms with E-state index >= 15 is 0 Å². The molecule has 1 N–H and O–H groups in total. The summed E-state index contributed by atoms with van der Waals surface area (Å²) in [6.07, 6.45) is 6.08. The van der Waals surface area contributed by atoms with Crippen molar-refractivity contribution in [3.05, 3.63) is 0 Å². The van der Waals surface area contributed by atoms with E-state index in [2.05, 4.69) is 6.92 Å². The van der Waals surface area contributed by atoms with E-state index < -0.39 is 0 Å². The maximum Gasteiger partial charge on any atom is 0.0579 e. The van der Waals surface area contributed by atoms with E-state index in [0.29, 0.717) is 24.7 Å². The molecule has 0 aromatic rings. The number of hydrogen-bond acceptors (Lipinski definition) is 3. The Morgan fingerprint density at radius 3 is 2.47 bits per heavy atom. The highest BCUT2D eigenvalue weighted by Crippen LogP contribution is 2.26. The zero-order valence-corrected chi connectivity index (χ0v) is 9.95. The van der Waals surface area contributed by atoms with E-state index in [-0.39, 0.29) is 0 Å². The molecule has 0 aromatic heterocycles. The number of methoxy groups -OCH3 is 1. The van der Waals surface area contributed by atoms with Crippen LogP contribution in [-0.4, -0.2) is 37.6 Å². The molecule has 0 saturated heterocycles. The molecule has 3 nitrogen and oxygen atoms in total. The van der Waals surface area contributed by atoms with Crippen LogP contribution in [0.3, 0.4) is 0 Å². The highest BCUT2D eigenvalue weighted by atomic mass is 16.5. The molecule has 0 spiro atoms. The van der Waals surface area contributed by atoms with Gasteiger partial charge < -0.3 is 14.6 Å². The van der Waals surface area contributed by atoms with Gasteiger partial charge in [-0.25, -0.2) is 0 Å². The van der Waals surface area contributed by atoms with E-state index in [4.69, 9.17) is 14.6 Å². The smallest absolute Gasteiger partial charge is 0.0579 e.